The van der Waals surface area contributed by atoms with E-state index in [0.29, 0.717) is 11.3 Å². The number of nitrogens with zero attached hydrogens (tertiary/aromatic N) is 2. The Bertz CT molecular complexity index is 722. The molecule has 1 aromatic heterocycles. The highest BCUT2D eigenvalue weighted by atomic mass is 35.5. The maximum atomic E-state index is 13.0. The lowest BCUT2D eigenvalue weighted by molar-refractivity contribution is 0.123. The van der Waals surface area contributed by atoms with Gasteiger partial charge in [0.05, 0.1) is 18.3 Å². The molecule has 1 aromatic carbocycles. The fourth-order valence-electron chi connectivity index (χ4n) is 2.43. The van der Waals surface area contributed by atoms with E-state index in [-0.39, 0.29) is 29.6 Å². The lowest BCUT2D eigenvalue weighted by Crippen LogP contribution is -2.39. The minimum Gasteiger partial charge on any atom is -0.387 e. The van der Waals surface area contributed by atoms with Crippen LogP contribution in [0.2, 0.25) is 5.15 Å². The molecule has 1 heterocycles. The molecule has 24 heavy (non-hydrogen) atoms. The van der Waals surface area contributed by atoms with Crippen LogP contribution in [-0.2, 0) is 0 Å². The molecule has 0 saturated heterocycles. The molecule has 5 nitrogen and oxygen atoms in total. The first-order valence-electron chi connectivity index (χ1n) is 7.66. The van der Waals surface area contributed by atoms with Crippen LogP contribution in [0.5, 0.6) is 0 Å². The minimum absolute atomic E-state index is 0.0931. The molecule has 1 saturated carbocycles. The Labute approximate surface area is 144 Å². The summed E-state index contributed by atoms with van der Waals surface area (Å²) >= 11 is 5.96. The summed E-state index contributed by atoms with van der Waals surface area (Å²) in [5.41, 5.74) is 0.986. The number of aliphatic hydroxyl groups excluding tert-OH is 1. The molecule has 1 atom stereocenters. The van der Waals surface area contributed by atoms with Crippen molar-refractivity contribution in [1.29, 1.82) is 0 Å². The summed E-state index contributed by atoms with van der Waals surface area (Å²) in [5, 5.41) is 13.3. The van der Waals surface area contributed by atoms with Crippen LogP contribution in [0.15, 0.2) is 42.6 Å². The number of hydrogen-bond acceptors (Lipinski definition) is 3. The number of urea groups is 1. The Morgan fingerprint density at radius 2 is 2.08 bits per heavy atom. The van der Waals surface area contributed by atoms with Crippen molar-refractivity contribution in [1.82, 2.24) is 9.88 Å². The third kappa shape index (κ3) is 4.01. The number of pyridine rings is 1. The van der Waals surface area contributed by atoms with Crippen LogP contribution in [0.4, 0.5) is 14.9 Å². The number of rotatable bonds is 5. The van der Waals surface area contributed by atoms with Crippen LogP contribution in [-0.4, -0.2) is 33.6 Å². The average Bonchev–Trinajstić information content (AvgIpc) is 3.40. The topological polar surface area (TPSA) is 65.5 Å². The van der Waals surface area contributed by atoms with Crippen molar-refractivity contribution < 1.29 is 14.3 Å². The molecule has 1 aliphatic carbocycles. The number of aliphatic hydroxyl groups is 1. The molecule has 0 radical (unpaired) electrons. The maximum absolute atomic E-state index is 13.0. The highest BCUT2D eigenvalue weighted by molar-refractivity contribution is 6.32. The highest BCUT2D eigenvalue weighted by Crippen LogP contribution is 2.30. The molecule has 0 bridgehead atoms. The van der Waals surface area contributed by atoms with Crippen molar-refractivity contribution in [2.24, 2.45) is 0 Å². The molecule has 7 heteroatoms. The van der Waals surface area contributed by atoms with Gasteiger partial charge in [-0.1, -0.05) is 23.7 Å². The Balaban J connectivity index is 1.69. The van der Waals surface area contributed by atoms with Crippen molar-refractivity contribution >= 4 is 23.3 Å². The first kappa shape index (κ1) is 16.7. The van der Waals surface area contributed by atoms with Crippen LogP contribution >= 0.6 is 11.6 Å². The molecule has 1 aliphatic rings. The van der Waals surface area contributed by atoms with Crippen LogP contribution < -0.4 is 5.32 Å². The number of hydrogen-bond donors (Lipinski definition) is 2. The number of carbonyl (C=O) groups excluding carboxylic acids is 1. The Hall–Kier alpha value is -2.18. The number of anilines is 1. The van der Waals surface area contributed by atoms with Gasteiger partial charge in [0.15, 0.2) is 5.15 Å². The predicted molar refractivity (Wildman–Crippen MR) is 89.4 cm³/mol. The summed E-state index contributed by atoms with van der Waals surface area (Å²) in [6.45, 7) is 0.125. The zero-order valence-corrected chi connectivity index (χ0v) is 13.6. The number of amides is 2. The van der Waals surface area contributed by atoms with E-state index >= 15 is 0 Å². The summed E-state index contributed by atoms with van der Waals surface area (Å²) in [4.78, 5) is 18.0. The highest BCUT2D eigenvalue weighted by Gasteiger charge is 2.34. The second-order valence-electron chi connectivity index (χ2n) is 5.72. The van der Waals surface area contributed by atoms with E-state index in [2.05, 4.69) is 10.3 Å². The summed E-state index contributed by atoms with van der Waals surface area (Å²) in [5.74, 6) is -0.367. The van der Waals surface area contributed by atoms with Gasteiger partial charge < -0.3 is 15.3 Å². The van der Waals surface area contributed by atoms with Crippen LogP contribution in [0.1, 0.15) is 24.5 Å². The first-order chi connectivity index (χ1) is 11.5. The number of halogens is 2. The fraction of sp³-hybridized carbons (Fsp3) is 0.294. The van der Waals surface area contributed by atoms with Gasteiger partial charge in [0, 0.05) is 12.2 Å². The third-order valence-electron chi connectivity index (χ3n) is 3.87. The average molecular weight is 350 g/mol. The smallest absolute Gasteiger partial charge is 0.322 e. The van der Waals surface area contributed by atoms with E-state index < -0.39 is 6.10 Å². The van der Waals surface area contributed by atoms with Gasteiger partial charge in [-0.2, -0.15) is 0 Å². The van der Waals surface area contributed by atoms with Gasteiger partial charge >= 0.3 is 6.03 Å². The molecule has 0 spiro atoms. The Morgan fingerprint density at radius 3 is 2.71 bits per heavy atom. The summed E-state index contributed by atoms with van der Waals surface area (Å²) in [7, 11) is 0. The molecular formula is C17H17ClFN3O2. The first-order valence-corrected chi connectivity index (χ1v) is 8.04. The number of benzene rings is 1. The SMILES string of the molecule is O=C(Nc1cccnc1Cl)N(CC(O)c1ccc(F)cc1)C1CC1. The van der Waals surface area contributed by atoms with Crippen LogP contribution in [0, 0.1) is 5.82 Å². The normalized spacial score (nSPS) is 15.0. The number of carbonyl (C=O) groups is 1. The van der Waals surface area contributed by atoms with Gasteiger partial charge in [0.2, 0.25) is 0 Å². The molecule has 1 fully saturated rings. The van der Waals surface area contributed by atoms with Crippen molar-refractivity contribution in [2.75, 3.05) is 11.9 Å². The van der Waals surface area contributed by atoms with Gasteiger partial charge in [-0.05, 0) is 42.7 Å². The number of nitrogens with one attached hydrogen (secondary N) is 1. The molecule has 2 amide bonds. The van der Waals surface area contributed by atoms with Crippen molar-refractivity contribution in [2.45, 2.75) is 25.0 Å². The standard InChI is InChI=1S/C17H17ClFN3O2/c18-16-14(2-1-9-20-16)21-17(24)22(13-7-8-13)10-15(23)11-3-5-12(19)6-4-11/h1-6,9,13,15,23H,7-8,10H2,(H,21,24). The van der Waals surface area contributed by atoms with Gasteiger partial charge in [0.1, 0.15) is 5.82 Å². The molecule has 3 rings (SSSR count). The van der Waals surface area contributed by atoms with Crippen LogP contribution in [0.25, 0.3) is 0 Å². The van der Waals surface area contributed by atoms with Gasteiger partial charge in [-0.3, -0.25) is 0 Å². The van der Waals surface area contributed by atoms with E-state index in [1.54, 1.807) is 17.0 Å². The van der Waals surface area contributed by atoms with Gasteiger partial charge in [0.25, 0.3) is 0 Å². The third-order valence-corrected chi connectivity index (χ3v) is 4.17. The predicted octanol–water partition coefficient (Wildman–Crippen LogP) is 3.60. The Kier molecular flexibility index (Phi) is 4.97. The quantitative estimate of drug-likeness (QED) is 0.810. The van der Waals surface area contributed by atoms with E-state index in [1.165, 1.54) is 30.5 Å². The molecule has 2 N–H and O–H groups in total. The lowest BCUT2D eigenvalue weighted by atomic mass is 10.1. The van der Waals surface area contributed by atoms with E-state index in [1.807, 2.05) is 0 Å². The second kappa shape index (κ2) is 7.15. The van der Waals surface area contributed by atoms with Crippen LogP contribution in [0.3, 0.4) is 0 Å². The zero-order valence-electron chi connectivity index (χ0n) is 12.8. The molecular weight excluding hydrogens is 333 g/mol. The second-order valence-corrected chi connectivity index (χ2v) is 6.08. The molecule has 0 aliphatic heterocycles. The zero-order chi connectivity index (χ0) is 17.1. The van der Waals surface area contributed by atoms with E-state index in [4.69, 9.17) is 11.6 Å². The summed E-state index contributed by atoms with van der Waals surface area (Å²) in [6, 6.07) is 8.70. The fourth-order valence-corrected chi connectivity index (χ4v) is 2.59. The van der Waals surface area contributed by atoms with Gasteiger partial charge in [-0.15, -0.1) is 0 Å². The molecule has 1 unspecified atom stereocenters. The largest absolute Gasteiger partial charge is 0.387 e. The monoisotopic (exact) mass is 349 g/mol. The van der Waals surface area contributed by atoms with Crippen molar-refractivity contribution in [3.63, 3.8) is 0 Å². The number of aromatic nitrogens is 1. The minimum atomic E-state index is -0.888. The lowest BCUT2D eigenvalue weighted by Gasteiger charge is -2.26. The van der Waals surface area contributed by atoms with E-state index in [0.717, 1.165) is 12.8 Å². The molecule has 126 valence electrons. The molecule has 2 aromatic rings. The summed E-state index contributed by atoms with van der Waals surface area (Å²) in [6.07, 6.45) is 2.44. The van der Waals surface area contributed by atoms with Crippen molar-refractivity contribution in [3.05, 3.63) is 59.1 Å². The maximum Gasteiger partial charge on any atom is 0.322 e. The van der Waals surface area contributed by atoms with Gasteiger partial charge in [-0.25, -0.2) is 14.2 Å². The summed E-state index contributed by atoms with van der Waals surface area (Å²) < 4.78 is 13.0. The van der Waals surface area contributed by atoms with Crippen molar-refractivity contribution in [3.8, 4) is 0 Å². The van der Waals surface area contributed by atoms with E-state index in [9.17, 15) is 14.3 Å². The Morgan fingerprint density at radius 1 is 1.38 bits per heavy atom.